The van der Waals surface area contributed by atoms with E-state index in [0.29, 0.717) is 11.0 Å². The monoisotopic (exact) mass is 384 g/mol. The van der Waals surface area contributed by atoms with Gasteiger partial charge in [-0.1, -0.05) is 32.9 Å². The molecule has 1 atom stereocenters. The molecule has 0 bridgehead atoms. The van der Waals surface area contributed by atoms with Crippen molar-refractivity contribution in [2.75, 3.05) is 0 Å². The molecule has 1 aromatic carbocycles. The maximum absolute atomic E-state index is 13.1. The Morgan fingerprint density at radius 1 is 1.21 bits per heavy atom. The summed E-state index contributed by atoms with van der Waals surface area (Å²) in [6.07, 6.45) is 3.47. The number of imidazole rings is 1. The van der Waals surface area contributed by atoms with Gasteiger partial charge in [0.05, 0.1) is 23.8 Å². The van der Waals surface area contributed by atoms with Crippen LogP contribution in [0.2, 0.25) is 0 Å². The topological polar surface area (TPSA) is 117 Å². The number of nitrogens with one attached hydrogen (secondary N) is 1. The van der Waals surface area contributed by atoms with Crippen LogP contribution in [-0.4, -0.2) is 36.9 Å². The van der Waals surface area contributed by atoms with E-state index < -0.39 is 29.1 Å². The van der Waals surface area contributed by atoms with Crippen LogP contribution in [0.25, 0.3) is 11.0 Å². The molecule has 0 saturated carbocycles. The van der Waals surface area contributed by atoms with E-state index in [4.69, 9.17) is 5.73 Å². The number of amides is 2. The molecule has 3 rings (SSSR count). The molecule has 0 fully saturated rings. The number of nitrogens with two attached hydrogens (primary N) is 1. The minimum atomic E-state index is -0.924. The number of carbonyl (C=O) groups is 2. The van der Waals surface area contributed by atoms with E-state index in [1.807, 2.05) is 0 Å². The van der Waals surface area contributed by atoms with Gasteiger partial charge in [0.15, 0.2) is 0 Å². The quantitative estimate of drug-likeness (QED) is 0.699. The van der Waals surface area contributed by atoms with Crippen LogP contribution in [0, 0.1) is 5.41 Å². The lowest BCUT2D eigenvalue weighted by Crippen LogP contribution is -2.54. The molecule has 148 valence electrons. The number of rotatable bonds is 4. The molecule has 0 unspecified atom stereocenters. The first kappa shape index (κ1) is 19.4. The highest BCUT2D eigenvalue weighted by atomic mass is 16.2. The molecule has 0 saturated heterocycles. The standard InChI is InChI=1S/C19H24N6O3/c1-19(2,3)15(16(20)26)22-17(27)25-14-8-6-5-7-13(14)24(18(25)28)11-12-9-21-23(4)10-12/h5-10,15H,11H2,1-4H3,(H2,20,26)(H,22,27)/t15-/m1/s1. The third-order valence-corrected chi connectivity index (χ3v) is 4.56. The second-order valence-corrected chi connectivity index (χ2v) is 7.87. The van der Waals surface area contributed by atoms with Gasteiger partial charge < -0.3 is 11.1 Å². The van der Waals surface area contributed by atoms with Crippen LogP contribution in [0.15, 0.2) is 41.5 Å². The molecule has 2 heterocycles. The van der Waals surface area contributed by atoms with Crippen LogP contribution in [0.1, 0.15) is 26.3 Å². The van der Waals surface area contributed by atoms with Gasteiger partial charge in [0.25, 0.3) is 0 Å². The fraction of sp³-hybridized carbons (Fsp3) is 0.368. The van der Waals surface area contributed by atoms with Crippen LogP contribution < -0.4 is 16.7 Å². The van der Waals surface area contributed by atoms with Crippen molar-refractivity contribution < 1.29 is 9.59 Å². The van der Waals surface area contributed by atoms with Crippen molar-refractivity contribution in [1.29, 1.82) is 0 Å². The summed E-state index contributed by atoms with van der Waals surface area (Å²) < 4.78 is 4.18. The second-order valence-electron chi connectivity index (χ2n) is 7.87. The molecule has 3 N–H and O–H groups in total. The number of hydrogen-bond donors (Lipinski definition) is 2. The Kier molecular flexibility index (Phi) is 4.84. The third kappa shape index (κ3) is 3.55. The predicted octanol–water partition coefficient (Wildman–Crippen LogP) is 1.04. The first-order chi connectivity index (χ1) is 13.1. The summed E-state index contributed by atoms with van der Waals surface area (Å²) >= 11 is 0. The number of nitrogens with zero attached hydrogens (tertiary/aromatic N) is 4. The summed E-state index contributed by atoms with van der Waals surface area (Å²) in [5.41, 5.74) is 6.25. The van der Waals surface area contributed by atoms with E-state index in [2.05, 4.69) is 10.4 Å². The number of hydrogen-bond acceptors (Lipinski definition) is 4. The van der Waals surface area contributed by atoms with Gasteiger partial charge in [0.2, 0.25) is 5.91 Å². The molecular weight excluding hydrogens is 360 g/mol. The maximum Gasteiger partial charge on any atom is 0.337 e. The average molecular weight is 384 g/mol. The normalized spacial score (nSPS) is 12.9. The lowest BCUT2D eigenvalue weighted by molar-refractivity contribution is -0.122. The molecule has 9 nitrogen and oxygen atoms in total. The van der Waals surface area contributed by atoms with Gasteiger partial charge in [-0.25, -0.2) is 14.2 Å². The van der Waals surface area contributed by atoms with Crippen molar-refractivity contribution in [1.82, 2.24) is 24.2 Å². The SMILES string of the molecule is Cn1cc(Cn2c(=O)n(C(=O)N[C@H](C(N)=O)C(C)(C)C)c3ccccc32)cn1. The third-order valence-electron chi connectivity index (χ3n) is 4.56. The molecule has 0 aliphatic rings. The summed E-state index contributed by atoms with van der Waals surface area (Å²) in [7, 11) is 1.79. The molecule has 2 aromatic heterocycles. The molecule has 0 aliphatic heterocycles. The van der Waals surface area contributed by atoms with Crippen molar-refractivity contribution in [2.24, 2.45) is 18.2 Å². The minimum Gasteiger partial charge on any atom is -0.368 e. The molecule has 0 radical (unpaired) electrons. The Balaban J connectivity index is 2.06. The van der Waals surface area contributed by atoms with Crippen molar-refractivity contribution in [2.45, 2.75) is 33.4 Å². The average Bonchev–Trinajstić information content (AvgIpc) is 3.13. The number of carbonyl (C=O) groups excluding carboxylic acids is 2. The number of aromatic nitrogens is 4. The Labute approximate surface area is 161 Å². The lowest BCUT2D eigenvalue weighted by atomic mass is 9.86. The fourth-order valence-electron chi connectivity index (χ4n) is 3.20. The highest BCUT2D eigenvalue weighted by Gasteiger charge is 2.32. The maximum atomic E-state index is 13.1. The Morgan fingerprint density at radius 2 is 1.86 bits per heavy atom. The summed E-state index contributed by atoms with van der Waals surface area (Å²) in [5.74, 6) is -0.659. The van der Waals surface area contributed by atoms with Crippen molar-refractivity contribution in [3.63, 3.8) is 0 Å². The summed E-state index contributed by atoms with van der Waals surface area (Å²) in [6.45, 7) is 5.64. The highest BCUT2D eigenvalue weighted by molar-refractivity contribution is 5.92. The number of para-hydroxylation sites is 2. The van der Waals surface area contributed by atoms with Gasteiger partial charge in [0.1, 0.15) is 6.04 Å². The van der Waals surface area contributed by atoms with Gasteiger partial charge >= 0.3 is 11.7 Å². The number of fused-ring (bicyclic) bond motifs is 1. The van der Waals surface area contributed by atoms with Gasteiger partial charge in [-0.15, -0.1) is 0 Å². The minimum absolute atomic E-state index is 0.270. The Bertz CT molecular complexity index is 1100. The summed E-state index contributed by atoms with van der Waals surface area (Å²) in [4.78, 5) is 37.8. The Morgan fingerprint density at radius 3 is 2.39 bits per heavy atom. The first-order valence-electron chi connectivity index (χ1n) is 8.87. The molecule has 9 heteroatoms. The number of aryl methyl sites for hydroxylation is 1. The van der Waals surface area contributed by atoms with Crippen molar-refractivity contribution >= 4 is 23.0 Å². The molecule has 0 spiro atoms. The van der Waals surface area contributed by atoms with Crippen LogP contribution in [0.5, 0.6) is 0 Å². The second kappa shape index (κ2) is 6.99. The molecule has 2 amide bonds. The summed E-state index contributed by atoms with van der Waals surface area (Å²) in [5, 5.41) is 6.72. The number of primary amides is 1. The van der Waals surface area contributed by atoms with Crippen LogP contribution in [0.3, 0.4) is 0 Å². The van der Waals surface area contributed by atoms with E-state index in [0.717, 1.165) is 10.1 Å². The fourth-order valence-corrected chi connectivity index (χ4v) is 3.20. The largest absolute Gasteiger partial charge is 0.368 e. The van der Waals surface area contributed by atoms with Crippen molar-refractivity contribution in [3.8, 4) is 0 Å². The van der Waals surface area contributed by atoms with Crippen LogP contribution in [0.4, 0.5) is 4.79 Å². The Hall–Kier alpha value is -3.36. The zero-order valence-electron chi connectivity index (χ0n) is 16.3. The van der Waals surface area contributed by atoms with E-state index in [1.54, 1.807) is 69.2 Å². The van der Waals surface area contributed by atoms with Gasteiger partial charge in [-0.2, -0.15) is 5.10 Å². The molecule has 3 aromatic rings. The van der Waals surface area contributed by atoms with Crippen molar-refractivity contribution in [3.05, 3.63) is 52.7 Å². The van der Waals surface area contributed by atoms with E-state index in [9.17, 15) is 14.4 Å². The van der Waals surface area contributed by atoms with Gasteiger partial charge in [-0.05, 0) is 17.5 Å². The first-order valence-corrected chi connectivity index (χ1v) is 8.87. The summed E-state index contributed by atoms with van der Waals surface area (Å²) in [6, 6.07) is 5.39. The molecule has 0 aliphatic carbocycles. The van der Waals surface area contributed by atoms with Gasteiger partial charge in [-0.3, -0.25) is 14.0 Å². The zero-order chi connectivity index (χ0) is 20.6. The van der Waals surface area contributed by atoms with Crippen LogP contribution in [-0.2, 0) is 18.4 Å². The van der Waals surface area contributed by atoms with Gasteiger partial charge in [0, 0.05) is 18.8 Å². The predicted molar refractivity (Wildman–Crippen MR) is 105 cm³/mol. The van der Waals surface area contributed by atoms with E-state index in [1.165, 1.54) is 4.57 Å². The van der Waals surface area contributed by atoms with E-state index >= 15 is 0 Å². The molecular formula is C19H24N6O3. The lowest BCUT2D eigenvalue weighted by Gasteiger charge is -2.28. The molecule has 28 heavy (non-hydrogen) atoms. The zero-order valence-corrected chi connectivity index (χ0v) is 16.3. The highest BCUT2D eigenvalue weighted by Crippen LogP contribution is 2.20. The smallest absolute Gasteiger partial charge is 0.337 e. The van der Waals surface area contributed by atoms with Crippen LogP contribution >= 0.6 is 0 Å². The van der Waals surface area contributed by atoms with E-state index in [-0.39, 0.29) is 6.54 Å². The number of benzene rings is 1.